The van der Waals surface area contributed by atoms with Crippen LogP contribution in [0.5, 0.6) is 0 Å². The quantitative estimate of drug-likeness (QED) is 0.667. The maximum atomic E-state index is 5.50. The molecule has 0 fully saturated rings. The predicted molar refractivity (Wildman–Crippen MR) is 71.8 cm³/mol. The van der Waals surface area contributed by atoms with Crippen molar-refractivity contribution in [1.82, 2.24) is 0 Å². The lowest BCUT2D eigenvalue weighted by Crippen LogP contribution is -2.16. The van der Waals surface area contributed by atoms with Crippen molar-refractivity contribution in [2.75, 3.05) is 13.2 Å². The second kappa shape index (κ2) is 8.04. The topological polar surface area (TPSA) is 18.5 Å². The van der Waals surface area contributed by atoms with Gasteiger partial charge in [-0.1, -0.05) is 36.4 Å². The van der Waals surface area contributed by atoms with E-state index in [2.05, 4.69) is 37.3 Å². The van der Waals surface area contributed by atoms with Crippen molar-refractivity contribution in [3.05, 3.63) is 42.0 Å². The molecule has 0 bridgehead atoms. The third-order valence-electron chi connectivity index (χ3n) is 2.55. The first-order valence-corrected chi connectivity index (χ1v) is 6.23. The first kappa shape index (κ1) is 13.9. The van der Waals surface area contributed by atoms with Crippen molar-refractivity contribution in [3.63, 3.8) is 0 Å². The molecule has 94 valence electrons. The van der Waals surface area contributed by atoms with Gasteiger partial charge in [-0.05, 0) is 31.9 Å². The van der Waals surface area contributed by atoms with E-state index >= 15 is 0 Å². The van der Waals surface area contributed by atoms with Crippen molar-refractivity contribution >= 4 is 5.57 Å². The first-order chi connectivity index (χ1) is 8.27. The highest BCUT2D eigenvalue weighted by Crippen LogP contribution is 2.15. The zero-order valence-corrected chi connectivity index (χ0v) is 11.0. The number of benzene rings is 1. The fourth-order valence-corrected chi connectivity index (χ4v) is 1.65. The zero-order chi connectivity index (χ0) is 12.5. The van der Waals surface area contributed by atoms with Crippen LogP contribution in [0.1, 0.15) is 32.8 Å². The summed E-state index contributed by atoms with van der Waals surface area (Å²) in [5.41, 5.74) is 2.51. The largest absolute Gasteiger partial charge is 0.353 e. The second-order valence-corrected chi connectivity index (χ2v) is 3.83. The van der Waals surface area contributed by atoms with Gasteiger partial charge in [-0.3, -0.25) is 0 Å². The molecule has 0 aliphatic rings. The van der Waals surface area contributed by atoms with E-state index in [0.717, 1.165) is 6.42 Å². The summed E-state index contributed by atoms with van der Waals surface area (Å²) in [5.74, 6) is 0. The summed E-state index contributed by atoms with van der Waals surface area (Å²) in [6.07, 6.45) is 2.84. The van der Waals surface area contributed by atoms with Crippen LogP contribution < -0.4 is 0 Å². The molecule has 2 heteroatoms. The SMILES string of the molecule is CCOC(C/C=C(/C)c1ccccc1)OCC. The van der Waals surface area contributed by atoms with Gasteiger partial charge in [0.15, 0.2) is 6.29 Å². The van der Waals surface area contributed by atoms with Gasteiger partial charge >= 0.3 is 0 Å². The lowest BCUT2D eigenvalue weighted by atomic mass is 10.1. The standard InChI is InChI=1S/C15H22O2/c1-4-16-15(17-5-2)12-11-13(3)14-9-7-6-8-10-14/h6-11,15H,4-5,12H2,1-3H3/b13-11-. The molecule has 0 atom stereocenters. The molecule has 2 nitrogen and oxygen atoms in total. The summed E-state index contributed by atoms with van der Waals surface area (Å²) in [6.45, 7) is 7.45. The Labute approximate surface area is 104 Å². The fraction of sp³-hybridized carbons (Fsp3) is 0.467. The molecule has 0 unspecified atom stereocenters. The summed E-state index contributed by atoms with van der Waals surface area (Å²) in [6, 6.07) is 10.4. The minimum Gasteiger partial charge on any atom is -0.353 e. The first-order valence-electron chi connectivity index (χ1n) is 6.23. The Balaban J connectivity index is 2.56. The van der Waals surface area contributed by atoms with Crippen LogP contribution in [0.25, 0.3) is 5.57 Å². The van der Waals surface area contributed by atoms with Crippen LogP contribution in [0.4, 0.5) is 0 Å². The Bertz CT molecular complexity index is 324. The van der Waals surface area contributed by atoms with Gasteiger partial charge in [-0.15, -0.1) is 0 Å². The summed E-state index contributed by atoms with van der Waals surface area (Å²) in [7, 11) is 0. The molecule has 0 aliphatic carbocycles. The molecule has 17 heavy (non-hydrogen) atoms. The van der Waals surface area contributed by atoms with Gasteiger partial charge in [0.25, 0.3) is 0 Å². The molecule has 0 spiro atoms. The van der Waals surface area contributed by atoms with E-state index in [1.807, 2.05) is 19.9 Å². The number of ether oxygens (including phenoxy) is 2. The Kier molecular flexibility index (Phi) is 6.60. The highest BCUT2D eigenvalue weighted by molar-refractivity contribution is 5.63. The highest BCUT2D eigenvalue weighted by atomic mass is 16.7. The molecular weight excluding hydrogens is 212 g/mol. The van der Waals surface area contributed by atoms with Crippen molar-refractivity contribution in [1.29, 1.82) is 0 Å². The van der Waals surface area contributed by atoms with Gasteiger partial charge in [0.05, 0.1) is 0 Å². The molecule has 0 aromatic heterocycles. The third-order valence-corrected chi connectivity index (χ3v) is 2.55. The monoisotopic (exact) mass is 234 g/mol. The summed E-state index contributed by atoms with van der Waals surface area (Å²) in [5, 5.41) is 0. The van der Waals surface area contributed by atoms with Gasteiger partial charge in [0.2, 0.25) is 0 Å². The maximum absolute atomic E-state index is 5.50. The van der Waals surface area contributed by atoms with Crippen molar-refractivity contribution in [2.45, 2.75) is 33.5 Å². The Morgan fingerprint density at radius 2 is 1.71 bits per heavy atom. The van der Waals surface area contributed by atoms with Gasteiger partial charge < -0.3 is 9.47 Å². The molecule has 1 rings (SSSR count). The molecule has 0 amide bonds. The number of hydrogen-bond donors (Lipinski definition) is 0. The fourth-order valence-electron chi connectivity index (χ4n) is 1.65. The predicted octanol–water partition coefficient (Wildman–Crippen LogP) is 3.88. The molecule has 0 saturated carbocycles. The molecule has 0 aliphatic heterocycles. The number of rotatable bonds is 7. The van der Waals surface area contributed by atoms with E-state index in [9.17, 15) is 0 Å². The van der Waals surface area contributed by atoms with Crippen LogP contribution in [0.3, 0.4) is 0 Å². The van der Waals surface area contributed by atoms with Crippen LogP contribution >= 0.6 is 0 Å². The normalized spacial score (nSPS) is 12.1. The zero-order valence-electron chi connectivity index (χ0n) is 11.0. The van der Waals surface area contributed by atoms with Crippen LogP contribution in [0, 0.1) is 0 Å². The number of allylic oxidation sites excluding steroid dienone is 1. The summed E-state index contributed by atoms with van der Waals surface area (Å²) < 4.78 is 11.0. The molecule has 0 saturated heterocycles. The molecule has 1 aromatic rings. The van der Waals surface area contributed by atoms with E-state index in [-0.39, 0.29) is 6.29 Å². The van der Waals surface area contributed by atoms with E-state index in [0.29, 0.717) is 13.2 Å². The van der Waals surface area contributed by atoms with Gasteiger partial charge in [0.1, 0.15) is 0 Å². The van der Waals surface area contributed by atoms with Gasteiger partial charge in [-0.2, -0.15) is 0 Å². The molecule has 0 N–H and O–H groups in total. The van der Waals surface area contributed by atoms with Crippen LogP contribution in [0.2, 0.25) is 0 Å². The molecule has 0 radical (unpaired) electrons. The maximum Gasteiger partial charge on any atom is 0.160 e. The smallest absolute Gasteiger partial charge is 0.160 e. The minimum atomic E-state index is -0.122. The van der Waals surface area contributed by atoms with Gasteiger partial charge in [-0.25, -0.2) is 0 Å². The van der Waals surface area contributed by atoms with Gasteiger partial charge in [0, 0.05) is 19.6 Å². The molecule has 0 heterocycles. The van der Waals surface area contributed by atoms with Crippen LogP contribution in [-0.2, 0) is 9.47 Å². The summed E-state index contributed by atoms with van der Waals surface area (Å²) in [4.78, 5) is 0. The van der Waals surface area contributed by atoms with Crippen molar-refractivity contribution in [3.8, 4) is 0 Å². The van der Waals surface area contributed by atoms with Crippen LogP contribution in [-0.4, -0.2) is 19.5 Å². The number of hydrogen-bond acceptors (Lipinski definition) is 2. The third kappa shape index (κ3) is 5.16. The average Bonchev–Trinajstić information content (AvgIpc) is 2.37. The Morgan fingerprint density at radius 3 is 2.24 bits per heavy atom. The van der Waals surface area contributed by atoms with Crippen molar-refractivity contribution < 1.29 is 9.47 Å². The molecule has 1 aromatic carbocycles. The molecular formula is C15H22O2. The Morgan fingerprint density at radius 1 is 1.12 bits per heavy atom. The second-order valence-electron chi connectivity index (χ2n) is 3.83. The lowest BCUT2D eigenvalue weighted by Gasteiger charge is -2.15. The van der Waals surface area contributed by atoms with E-state index in [4.69, 9.17) is 9.47 Å². The van der Waals surface area contributed by atoms with E-state index in [1.165, 1.54) is 11.1 Å². The lowest BCUT2D eigenvalue weighted by molar-refractivity contribution is -0.133. The van der Waals surface area contributed by atoms with E-state index < -0.39 is 0 Å². The Hall–Kier alpha value is -1.12. The van der Waals surface area contributed by atoms with Crippen LogP contribution in [0.15, 0.2) is 36.4 Å². The highest BCUT2D eigenvalue weighted by Gasteiger charge is 2.05. The van der Waals surface area contributed by atoms with Crippen molar-refractivity contribution in [2.24, 2.45) is 0 Å². The minimum absolute atomic E-state index is 0.122. The average molecular weight is 234 g/mol. The summed E-state index contributed by atoms with van der Waals surface area (Å²) >= 11 is 0. The van der Waals surface area contributed by atoms with E-state index in [1.54, 1.807) is 0 Å².